The Balaban J connectivity index is 1.95. The average Bonchev–Trinajstić information content (AvgIpc) is 3.04. The van der Waals surface area contributed by atoms with Crippen LogP contribution in [0, 0.1) is 0 Å². The lowest BCUT2D eigenvalue weighted by molar-refractivity contribution is 0.0696. The van der Waals surface area contributed by atoms with E-state index in [-0.39, 0.29) is 11.3 Å². The number of aryl methyl sites for hydroxylation is 1. The third-order valence-corrected chi connectivity index (χ3v) is 3.44. The molecule has 100 valence electrons. The molecule has 0 aliphatic heterocycles. The fraction of sp³-hybridized carbons (Fsp3) is 0.250. The fourth-order valence-corrected chi connectivity index (χ4v) is 2.16. The van der Waals surface area contributed by atoms with Gasteiger partial charge >= 0.3 is 5.97 Å². The zero-order chi connectivity index (χ0) is 13.8. The lowest BCUT2D eigenvalue weighted by Crippen LogP contribution is -2.22. The van der Waals surface area contributed by atoms with E-state index in [1.165, 1.54) is 6.07 Å². The first-order valence-electron chi connectivity index (χ1n) is 5.63. The monoisotopic (exact) mass is 280 g/mol. The second-order valence-corrected chi connectivity index (χ2v) is 4.72. The number of hydrogen-bond acceptors (Lipinski definition) is 5. The minimum Gasteiger partial charge on any atom is -0.478 e. The van der Waals surface area contributed by atoms with Crippen LogP contribution in [0.5, 0.6) is 0 Å². The van der Waals surface area contributed by atoms with Crippen LogP contribution in [0.1, 0.15) is 38.5 Å². The van der Waals surface area contributed by atoms with Crippen LogP contribution in [0.15, 0.2) is 22.1 Å². The van der Waals surface area contributed by atoms with Crippen LogP contribution in [0.25, 0.3) is 0 Å². The van der Waals surface area contributed by atoms with E-state index in [0.717, 1.165) is 23.4 Å². The molecule has 6 nitrogen and oxygen atoms in total. The Morgan fingerprint density at radius 2 is 2.32 bits per heavy atom. The number of carboxylic acids is 1. The summed E-state index contributed by atoms with van der Waals surface area (Å²) in [4.78, 5) is 26.7. The lowest BCUT2D eigenvalue weighted by Gasteiger charge is -1.99. The summed E-state index contributed by atoms with van der Waals surface area (Å²) in [5, 5.41) is 14.2. The maximum atomic E-state index is 11.7. The highest BCUT2D eigenvalue weighted by Crippen LogP contribution is 2.11. The van der Waals surface area contributed by atoms with Gasteiger partial charge in [0.1, 0.15) is 6.26 Å². The summed E-state index contributed by atoms with van der Waals surface area (Å²) in [6, 6.07) is 1.19. The van der Waals surface area contributed by atoms with Crippen molar-refractivity contribution < 1.29 is 19.1 Å². The third kappa shape index (κ3) is 3.19. The average molecular weight is 280 g/mol. The van der Waals surface area contributed by atoms with E-state index >= 15 is 0 Å². The van der Waals surface area contributed by atoms with Gasteiger partial charge in [-0.1, -0.05) is 6.92 Å². The van der Waals surface area contributed by atoms with Gasteiger partial charge in [-0.2, -0.15) is 0 Å². The molecule has 2 N–H and O–H groups in total. The molecule has 0 atom stereocenters. The number of carbonyl (C=O) groups is 2. The van der Waals surface area contributed by atoms with Crippen LogP contribution in [-0.4, -0.2) is 22.0 Å². The van der Waals surface area contributed by atoms with E-state index in [1.807, 2.05) is 12.3 Å². The molecule has 0 saturated carbocycles. The zero-order valence-corrected chi connectivity index (χ0v) is 11.0. The van der Waals surface area contributed by atoms with Crippen LogP contribution in [-0.2, 0) is 13.0 Å². The number of carbonyl (C=O) groups excluding carboxylic acids is 1. The van der Waals surface area contributed by atoms with Crippen LogP contribution in [0.2, 0.25) is 0 Å². The summed E-state index contributed by atoms with van der Waals surface area (Å²) in [5.74, 6) is -1.61. The van der Waals surface area contributed by atoms with Crippen molar-refractivity contribution in [1.82, 2.24) is 10.3 Å². The maximum absolute atomic E-state index is 11.7. The standard InChI is InChI=1S/C12H12N2O4S/c1-2-10-14-8(6-19-10)4-13-11(15)9-3-7(5-18-9)12(16)17/h3,5-6H,2,4H2,1H3,(H,13,15)(H,16,17). The first-order valence-corrected chi connectivity index (χ1v) is 6.51. The van der Waals surface area contributed by atoms with E-state index in [2.05, 4.69) is 10.3 Å². The maximum Gasteiger partial charge on any atom is 0.338 e. The van der Waals surface area contributed by atoms with Crippen molar-refractivity contribution in [2.45, 2.75) is 19.9 Å². The van der Waals surface area contributed by atoms with Crippen LogP contribution in [0.3, 0.4) is 0 Å². The SMILES string of the molecule is CCc1nc(CNC(=O)c2cc(C(=O)O)co2)cs1. The molecule has 1 amide bonds. The van der Waals surface area contributed by atoms with E-state index in [0.29, 0.717) is 6.54 Å². The molecule has 0 saturated heterocycles. The number of rotatable bonds is 5. The minimum absolute atomic E-state index is 0.0247. The number of aromatic carboxylic acids is 1. The molecule has 7 heteroatoms. The molecule has 0 fully saturated rings. The first-order chi connectivity index (χ1) is 9.10. The van der Waals surface area contributed by atoms with Crippen molar-refractivity contribution in [2.75, 3.05) is 0 Å². The van der Waals surface area contributed by atoms with Crippen molar-refractivity contribution in [3.8, 4) is 0 Å². The summed E-state index contributed by atoms with van der Waals surface area (Å²) >= 11 is 1.54. The van der Waals surface area contributed by atoms with Crippen LogP contribution >= 0.6 is 11.3 Å². The Bertz CT molecular complexity index is 602. The van der Waals surface area contributed by atoms with Gasteiger partial charge in [0.25, 0.3) is 5.91 Å². The minimum atomic E-state index is -1.13. The smallest absolute Gasteiger partial charge is 0.338 e. The fourth-order valence-electron chi connectivity index (χ4n) is 1.42. The predicted molar refractivity (Wildman–Crippen MR) is 68.3 cm³/mol. The Kier molecular flexibility index (Phi) is 3.96. The quantitative estimate of drug-likeness (QED) is 0.873. The molecule has 0 radical (unpaired) electrons. The van der Waals surface area contributed by atoms with Gasteiger partial charge in [-0.15, -0.1) is 11.3 Å². The molecular formula is C12H12N2O4S. The number of furan rings is 1. The van der Waals surface area contributed by atoms with Gasteiger partial charge in [0.05, 0.1) is 22.8 Å². The number of nitrogens with zero attached hydrogens (tertiary/aromatic N) is 1. The van der Waals surface area contributed by atoms with Gasteiger partial charge in [-0.3, -0.25) is 4.79 Å². The van der Waals surface area contributed by atoms with Gasteiger partial charge in [-0.25, -0.2) is 9.78 Å². The molecule has 2 rings (SSSR count). The summed E-state index contributed by atoms with van der Waals surface area (Å²) in [6.07, 6.45) is 1.90. The van der Waals surface area contributed by atoms with E-state index < -0.39 is 11.9 Å². The van der Waals surface area contributed by atoms with Gasteiger partial charge in [0.15, 0.2) is 5.76 Å². The van der Waals surface area contributed by atoms with Crippen molar-refractivity contribution in [2.24, 2.45) is 0 Å². The number of nitrogens with one attached hydrogen (secondary N) is 1. The number of amides is 1. The van der Waals surface area contributed by atoms with Crippen LogP contribution < -0.4 is 5.32 Å². The summed E-state index contributed by atoms with van der Waals surface area (Å²) in [6.45, 7) is 2.30. The molecule has 2 aromatic rings. The van der Waals surface area contributed by atoms with Gasteiger partial charge in [-0.05, 0) is 6.42 Å². The molecule has 2 aromatic heterocycles. The summed E-state index contributed by atoms with van der Waals surface area (Å²) in [7, 11) is 0. The molecule has 0 aliphatic carbocycles. The summed E-state index contributed by atoms with van der Waals surface area (Å²) < 4.78 is 4.89. The Labute approximate surface area is 113 Å². The highest BCUT2D eigenvalue weighted by atomic mass is 32.1. The number of hydrogen-bond donors (Lipinski definition) is 2. The highest BCUT2D eigenvalue weighted by Gasteiger charge is 2.14. The number of carboxylic acid groups (broad SMARTS) is 1. The van der Waals surface area contributed by atoms with Gasteiger partial charge in [0.2, 0.25) is 0 Å². The second kappa shape index (κ2) is 5.66. The lowest BCUT2D eigenvalue weighted by atomic mass is 10.3. The zero-order valence-electron chi connectivity index (χ0n) is 10.2. The second-order valence-electron chi connectivity index (χ2n) is 3.77. The molecule has 0 aromatic carbocycles. The normalized spacial score (nSPS) is 10.4. The van der Waals surface area contributed by atoms with E-state index in [9.17, 15) is 9.59 Å². The molecule has 19 heavy (non-hydrogen) atoms. The van der Waals surface area contributed by atoms with Crippen molar-refractivity contribution in [3.05, 3.63) is 39.7 Å². The van der Waals surface area contributed by atoms with Gasteiger partial charge in [0, 0.05) is 11.4 Å². The van der Waals surface area contributed by atoms with Crippen molar-refractivity contribution in [3.63, 3.8) is 0 Å². The molecular weight excluding hydrogens is 268 g/mol. The van der Waals surface area contributed by atoms with Gasteiger partial charge < -0.3 is 14.8 Å². The predicted octanol–water partition coefficient (Wildman–Crippen LogP) is 1.93. The van der Waals surface area contributed by atoms with E-state index in [1.54, 1.807) is 11.3 Å². The molecule has 0 bridgehead atoms. The number of aromatic nitrogens is 1. The Morgan fingerprint density at radius 3 is 2.89 bits per heavy atom. The highest BCUT2D eigenvalue weighted by molar-refractivity contribution is 7.09. The first kappa shape index (κ1) is 13.3. The molecule has 0 aliphatic rings. The molecule has 0 unspecified atom stereocenters. The van der Waals surface area contributed by atoms with Crippen molar-refractivity contribution in [1.29, 1.82) is 0 Å². The Hall–Kier alpha value is -2.15. The van der Waals surface area contributed by atoms with E-state index in [4.69, 9.17) is 9.52 Å². The molecule has 0 spiro atoms. The Morgan fingerprint density at radius 1 is 1.53 bits per heavy atom. The van der Waals surface area contributed by atoms with Crippen molar-refractivity contribution >= 4 is 23.2 Å². The topological polar surface area (TPSA) is 92.4 Å². The molecule has 2 heterocycles. The van der Waals surface area contributed by atoms with Crippen LogP contribution in [0.4, 0.5) is 0 Å². The largest absolute Gasteiger partial charge is 0.478 e. The summed E-state index contributed by atoms with van der Waals surface area (Å²) in [5.41, 5.74) is 0.729. The number of thiazole rings is 1. The third-order valence-electron chi connectivity index (χ3n) is 2.40.